The molecule has 0 bridgehead atoms. The molecule has 1 heterocycles. The molecule has 114 valence electrons. The number of benzene rings is 1. The fourth-order valence-corrected chi connectivity index (χ4v) is 2.50. The lowest BCUT2D eigenvalue weighted by Gasteiger charge is -2.24. The number of β-amino-alcohol motifs (C(OH)–C–C–N with tert-alkyl or cyclic N) is 1. The van der Waals surface area contributed by atoms with E-state index in [9.17, 15) is 14.7 Å². The van der Waals surface area contributed by atoms with Gasteiger partial charge in [0.15, 0.2) is 0 Å². The fourth-order valence-electron chi connectivity index (χ4n) is 2.38. The van der Waals surface area contributed by atoms with Crippen LogP contribution in [-0.2, 0) is 4.79 Å². The summed E-state index contributed by atoms with van der Waals surface area (Å²) in [5.74, 6) is -1.11. The van der Waals surface area contributed by atoms with E-state index >= 15 is 0 Å². The van der Waals surface area contributed by atoms with Crippen LogP contribution < -0.4 is 5.32 Å². The van der Waals surface area contributed by atoms with E-state index in [0.29, 0.717) is 5.02 Å². The van der Waals surface area contributed by atoms with Gasteiger partial charge in [-0.15, -0.1) is 0 Å². The average Bonchev–Trinajstić information content (AvgIpc) is 2.82. The minimum atomic E-state index is -1.11. The van der Waals surface area contributed by atoms with Crippen LogP contribution in [0.1, 0.15) is 24.9 Å². The molecule has 7 heteroatoms. The molecule has 0 aliphatic carbocycles. The van der Waals surface area contributed by atoms with Gasteiger partial charge in [-0.25, -0.2) is 9.59 Å². The number of carbonyl (C=O) groups excluding carboxylic acids is 1. The Labute approximate surface area is 127 Å². The molecular weight excluding hydrogens is 296 g/mol. The van der Waals surface area contributed by atoms with Crippen LogP contribution >= 0.6 is 11.6 Å². The van der Waals surface area contributed by atoms with Gasteiger partial charge in [0, 0.05) is 18.0 Å². The summed E-state index contributed by atoms with van der Waals surface area (Å²) in [5.41, 5.74) is 0.861. The van der Waals surface area contributed by atoms with Crippen molar-refractivity contribution in [3.63, 3.8) is 0 Å². The minimum Gasteiger partial charge on any atom is -0.480 e. The zero-order valence-electron chi connectivity index (χ0n) is 11.5. The second-order valence-electron chi connectivity index (χ2n) is 5.12. The molecule has 1 aromatic carbocycles. The van der Waals surface area contributed by atoms with E-state index in [4.69, 9.17) is 16.7 Å². The monoisotopic (exact) mass is 312 g/mol. The van der Waals surface area contributed by atoms with Crippen molar-refractivity contribution in [3.05, 3.63) is 34.9 Å². The van der Waals surface area contributed by atoms with Crippen molar-refractivity contribution in [2.45, 2.75) is 31.5 Å². The zero-order valence-corrected chi connectivity index (χ0v) is 12.2. The molecule has 3 N–H and O–H groups in total. The Hall–Kier alpha value is -1.79. The van der Waals surface area contributed by atoms with E-state index in [-0.39, 0.29) is 19.0 Å². The molecule has 6 nitrogen and oxygen atoms in total. The molecule has 0 aromatic heterocycles. The normalized spacial score (nSPS) is 22.9. The first-order chi connectivity index (χ1) is 9.88. The summed E-state index contributed by atoms with van der Waals surface area (Å²) < 4.78 is 0. The molecule has 1 aliphatic heterocycles. The average molecular weight is 313 g/mol. The van der Waals surface area contributed by atoms with Crippen molar-refractivity contribution in [2.24, 2.45) is 0 Å². The van der Waals surface area contributed by atoms with Crippen LogP contribution in [0.3, 0.4) is 0 Å². The first-order valence-corrected chi connectivity index (χ1v) is 6.99. The van der Waals surface area contributed by atoms with Crippen LogP contribution in [0.2, 0.25) is 5.02 Å². The van der Waals surface area contributed by atoms with Crippen LogP contribution in [-0.4, -0.2) is 45.8 Å². The standard InChI is InChI=1S/C14H17ClN2O4/c1-8(9-2-4-10(15)5-3-9)16-14(21)17-7-11(18)6-12(17)13(19)20/h2-5,8,11-12,18H,6-7H2,1H3,(H,16,21)(H,19,20). The molecular formula is C14H17ClN2O4. The number of rotatable bonds is 3. The number of carboxylic acid groups (broad SMARTS) is 1. The van der Waals surface area contributed by atoms with Crippen molar-refractivity contribution < 1.29 is 19.8 Å². The van der Waals surface area contributed by atoms with Gasteiger partial charge in [0.2, 0.25) is 0 Å². The summed E-state index contributed by atoms with van der Waals surface area (Å²) >= 11 is 5.81. The maximum atomic E-state index is 12.2. The quantitative estimate of drug-likeness (QED) is 0.791. The summed E-state index contributed by atoms with van der Waals surface area (Å²) in [4.78, 5) is 24.4. The van der Waals surface area contributed by atoms with Gasteiger partial charge < -0.3 is 20.4 Å². The van der Waals surface area contributed by atoms with E-state index < -0.39 is 24.1 Å². The largest absolute Gasteiger partial charge is 0.480 e. The Bertz CT molecular complexity index is 534. The smallest absolute Gasteiger partial charge is 0.326 e. The summed E-state index contributed by atoms with van der Waals surface area (Å²) in [7, 11) is 0. The molecule has 2 rings (SSSR count). The van der Waals surface area contributed by atoms with Crippen LogP contribution in [0.25, 0.3) is 0 Å². The fraction of sp³-hybridized carbons (Fsp3) is 0.429. The summed E-state index contributed by atoms with van der Waals surface area (Å²) in [6.07, 6.45) is -0.749. The van der Waals surface area contributed by atoms with Crippen LogP contribution in [0.5, 0.6) is 0 Å². The van der Waals surface area contributed by atoms with Gasteiger partial charge in [0.1, 0.15) is 6.04 Å². The number of aliphatic hydroxyl groups excluding tert-OH is 1. The van der Waals surface area contributed by atoms with Crippen LogP contribution in [0.15, 0.2) is 24.3 Å². The predicted octanol–water partition coefficient (Wildman–Crippen LogP) is 1.63. The highest BCUT2D eigenvalue weighted by Crippen LogP contribution is 2.20. The molecule has 1 saturated heterocycles. The lowest BCUT2D eigenvalue weighted by molar-refractivity contribution is -0.141. The van der Waals surface area contributed by atoms with Crippen molar-refractivity contribution in [1.29, 1.82) is 0 Å². The number of carbonyl (C=O) groups is 2. The van der Waals surface area contributed by atoms with E-state index in [1.807, 2.05) is 0 Å². The van der Waals surface area contributed by atoms with Crippen molar-refractivity contribution in [2.75, 3.05) is 6.54 Å². The number of aliphatic hydroxyl groups is 1. The third kappa shape index (κ3) is 3.65. The molecule has 2 amide bonds. The number of amides is 2. The molecule has 1 fully saturated rings. The number of likely N-dealkylation sites (tertiary alicyclic amines) is 1. The number of nitrogens with one attached hydrogen (secondary N) is 1. The van der Waals surface area contributed by atoms with Crippen molar-refractivity contribution >= 4 is 23.6 Å². The molecule has 21 heavy (non-hydrogen) atoms. The van der Waals surface area contributed by atoms with Gasteiger partial charge in [-0.3, -0.25) is 0 Å². The number of urea groups is 1. The first-order valence-electron chi connectivity index (χ1n) is 6.62. The second kappa shape index (κ2) is 6.32. The third-order valence-corrected chi connectivity index (χ3v) is 3.79. The highest BCUT2D eigenvalue weighted by Gasteiger charge is 2.39. The number of nitrogens with zero attached hydrogens (tertiary/aromatic N) is 1. The van der Waals surface area contributed by atoms with E-state index in [0.717, 1.165) is 10.5 Å². The Kier molecular flexibility index (Phi) is 4.69. The van der Waals surface area contributed by atoms with E-state index in [2.05, 4.69) is 5.32 Å². The van der Waals surface area contributed by atoms with E-state index in [1.165, 1.54) is 0 Å². The molecule has 1 aromatic rings. The topological polar surface area (TPSA) is 89.9 Å². The third-order valence-electron chi connectivity index (χ3n) is 3.53. The van der Waals surface area contributed by atoms with Gasteiger partial charge in [0.05, 0.1) is 12.1 Å². The molecule has 3 atom stereocenters. The minimum absolute atomic E-state index is 0.0239. The first kappa shape index (κ1) is 15.6. The Morgan fingerprint density at radius 3 is 2.57 bits per heavy atom. The number of halogens is 1. The molecule has 1 aliphatic rings. The second-order valence-corrected chi connectivity index (χ2v) is 5.56. The maximum absolute atomic E-state index is 12.2. The molecule has 0 spiro atoms. The number of carboxylic acids is 1. The number of aliphatic carboxylic acids is 1. The van der Waals surface area contributed by atoms with E-state index in [1.54, 1.807) is 31.2 Å². The lowest BCUT2D eigenvalue weighted by atomic mass is 10.1. The van der Waals surface area contributed by atoms with Gasteiger partial charge in [-0.1, -0.05) is 23.7 Å². The Morgan fingerprint density at radius 2 is 2.00 bits per heavy atom. The lowest BCUT2D eigenvalue weighted by Crippen LogP contribution is -2.46. The van der Waals surface area contributed by atoms with Gasteiger partial charge in [-0.2, -0.15) is 0 Å². The molecule has 3 unspecified atom stereocenters. The Morgan fingerprint density at radius 1 is 1.38 bits per heavy atom. The Balaban J connectivity index is 2.03. The highest BCUT2D eigenvalue weighted by molar-refractivity contribution is 6.30. The highest BCUT2D eigenvalue weighted by atomic mass is 35.5. The number of hydrogen-bond acceptors (Lipinski definition) is 3. The van der Waals surface area contributed by atoms with Crippen molar-refractivity contribution in [3.8, 4) is 0 Å². The van der Waals surface area contributed by atoms with Gasteiger partial charge in [-0.05, 0) is 24.6 Å². The van der Waals surface area contributed by atoms with Gasteiger partial charge in [0.25, 0.3) is 0 Å². The van der Waals surface area contributed by atoms with Gasteiger partial charge >= 0.3 is 12.0 Å². The summed E-state index contributed by atoms with van der Waals surface area (Å²) in [5, 5.41) is 22.0. The van der Waals surface area contributed by atoms with Crippen LogP contribution in [0.4, 0.5) is 4.79 Å². The number of hydrogen-bond donors (Lipinski definition) is 3. The summed E-state index contributed by atoms with van der Waals surface area (Å²) in [6.45, 7) is 1.82. The molecule has 0 radical (unpaired) electrons. The zero-order chi connectivity index (χ0) is 15.6. The SMILES string of the molecule is CC(NC(=O)N1CC(O)CC1C(=O)O)c1ccc(Cl)cc1. The molecule has 0 saturated carbocycles. The maximum Gasteiger partial charge on any atom is 0.326 e. The van der Waals surface area contributed by atoms with Crippen LogP contribution in [0, 0.1) is 0 Å². The predicted molar refractivity (Wildman–Crippen MR) is 77.2 cm³/mol. The summed E-state index contributed by atoms with van der Waals surface area (Å²) in [6, 6.07) is 5.25. The van der Waals surface area contributed by atoms with Crippen molar-refractivity contribution in [1.82, 2.24) is 10.2 Å².